The molecule has 0 aliphatic carbocycles. The maximum Gasteiger partial charge on any atom is 0.328 e. The summed E-state index contributed by atoms with van der Waals surface area (Å²) in [5.74, 6) is -1.01. The molecule has 1 N–H and O–H groups in total. The van der Waals surface area contributed by atoms with Crippen molar-refractivity contribution in [2.45, 2.75) is 0 Å². The number of benzene rings is 1. The van der Waals surface area contributed by atoms with Gasteiger partial charge in [-0.15, -0.1) is 0 Å². The number of carbonyl (C=O) groups is 1. The maximum absolute atomic E-state index is 10.2. The Kier molecular flexibility index (Phi) is 6.16. The molecule has 0 unspecified atom stereocenters. The Hall–Kier alpha value is -0.250. The zero-order valence-corrected chi connectivity index (χ0v) is 9.79. The van der Waals surface area contributed by atoms with Gasteiger partial charge >= 0.3 is 5.97 Å². The molecule has 0 bridgehead atoms. The molecule has 1 aromatic rings. The number of aliphatic carboxylic acids is 1. The molecule has 1 radical (unpaired) electrons. The molecule has 0 aliphatic heterocycles. The van der Waals surface area contributed by atoms with Gasteiger partial charge in [-0.2, -0.15) is 0 Å². The SMILES string of the molecule is O=C(O)/C=C/c1ccc(Cl)cc1Cl.[Ag]. The number of hydrogen-bond acceptors (Lipinski definition) is 1. The van der Waals surface area contributed by atoms with E-state index in [-0.39, 0.29) is 22.4 Å². The smallest absolute Gasteiger partial charge is 0.328 e. The van der Waals surface area contributed by atoms with Crippen molar-refractivity contribution in [2.24, 2.45) is 0 Å². The van der Waals surface area contributed by atoms with Gasteiger partial charge in [-0.3, -0.25) is 0 Å². The Labute approximate surface area is 107 Å². The largest absolute Gasteiger partial charge is 0.478 e. The van der Waals surface area contributed by atoms with Crippen LogP contribution in [0.4, 0.5) is 0 Å². The van der Waals surface area contributed by atoms with Gasteiger partial charge in [0.15, 0.2) is 0 Å². The van der Waals surface area contributed by atoms with Crippen molar-refractivity contribution in [1.82, 2.24) is 0 Å². The molecular formula is C9H6AgCl2O2. The van der Waals surface area contributed by atoms with E-state index in [2.05, 4.69) is 0 Å². The first kappa shape index (κ1) is 13.8. The average molecular weight is 325 g/mol. The molecule has 0 saturated heterocycles. The molecule has 1 rings (SSSR count). The third kappa shape index (κ3) is 4.31. The molecular weight excluding hydrogens is 319 g/mol. The van der Waals surface area contributed by atoms with Crippen LogP contribution in [0.1, 0.15) is 5.56 Å². The fourth-order valence-electron chi connectivity index (χ4n) is 0.798. The van der Waals surface area contributed by atoms with Crippen LogP contribution in [0.3, 0.4) is 0 Å². The van der Waals surface area contributed by atoms with Gasteiger partial charge in [0, 0.05) is 38.5 Å². The summed E-state index contributed by atoms with van der Waals surface area (Å²) in [5, 5.41) is 9.32. The zero-order chi connectivity index (χ0) is 9.84. The number of carboxylic acids is 1. The Morgan fingerprint density at radius 3 is 2.50 bits per heavy atom. The fraction of sp³-hybridized carbons (Fsp3) is 0. The second-order valence-electron chi connectivity index (χ2n) is 2.34. The first-order valence-electron chi connectivity index (χ1n) is 3.45. The molecule has 79 valence electrons. The summed E-state index contributed by atoms with van der Waals surface area (Å²) in [7, 11) is 0. The van der Waals surface area contributed by atoms with Gasteiger partial charge in [-0.05, 0) is 23.8 Å². The van der Waals surface area contributed by atoms with Crippen molar-refractivity contribution >= 4 is 35.2 Å². The molecule has 14 heavy (non-hydrogen) atoms. The molecule has 0 amide bonds. The van der Waals surface area contributed by atoms with Crippen LogP contribution < -0.4 is 0 Å². The van der Waals surface area contributed by atoms with Crippen molar-refractivity contribution in [1.29, 1.82) is 0 Å². The minimum atomic E-state index is -1.01. The molecule has 0 aliphatic rings. The Morgan fingerprint density at radius 2 is 2.00 bits per heavy atom. The standard InChI is InChI=1S/C9H6Cl2O2.Ag/c10-7-3-1-6(8(11)5-7)2-4-9(12)13;/h1-5H,(H,12,13);/b4-2+;. The molecule has 1 aromatic carbocycles. The summed E-state index contributed by atoms with van der Waals surface area (Å²) in [6.45, 7) is 0. The van der Waals surface area contributed by atoms with Crippen LogP contribution in [0.25, 0.3) is 6.08 Å². The quantitative estimate of drug-likeness (QED) is 0.670. The summed E-state index contributed by atoms with van der Waals surface area (Å²) in [5.41, 5.74) is 0.633. The summed E-state index contributed by atoms with van der Waals surface area (Å²) < 4.78 is 0. The van der Waals surface area contributed by atoms with Gasteiger partial charge in [0.05, 0.1) is 0 Å². The minimum Gasteiger partial charge on any atom is -0.478 e. The van der Waals surface area contributed by atoms with Crippen LogP contribution >= 0.6 is 23.2 Å². The van der Waals surface area contributed by atoms with E-state index in [9.17, 15) is 4.79 Å². The normalized spacial score (nSPS) is 9.86. The van der Waals surface area contributed by atoms with Crippen LogP contribution in [0.5, 0.6) is 0 Å². The van der Waals surface area contributed by atoms with Crippen LogP contribution in [0, 0.1) is 0 Å². The first-order chi connectivity index (χ1) is 6.09. The summed E-state index contributed by atoms with van der Waals surface area (Å²) in [4.78, 5) is 10.2. The van der Waals surface area contributed by atoms with E-state index in [0.717, 1.165) is 6.08 Å². The third-order valence-electron chi connectivity index (χ3n) is 1.37. The molecule has 0 atom stereocenters. The van der Waals surface area contributed by atoms with Crippen LogP contribution in [0.2, 0.25) is 10.0 Å². The topological polar surface area (TPSA) is 37.3 Å². The summed E-state index contributed by atoms with van der Waals surface area (Å²) in [6, 6.07) is 4.86. The molecule has 5 heteroatoms. The van der Waals surface area contributed by atoms with Crippen molar-refractivity contribution < 1.29 is 32.3 Å². The second-order valence-corrected chi connectivity index (χ2v) is 3.18. The number of halogens is 2. The molecule has 0 saturated carbocycles. The Morgan fingerprint density at radius 1 is 1.36 bits per heavy atom. The van der Waals surface area contributed by atoms with Gasteiger partial charge in [0.1, 0.15) is 0 Å². The predicted molar refractivity (Wildman–Crippen MR) is 53.1 cm³/mol. The summed E-state index contributed by atoms with van der Waals surface area (Å²) in [6.07, 6.45) is 2.44. The van der Waals surface area contributed by atoms with Gasteiger partial charge in [-0.1, -0.05) is 29.3 Å². The average Bonchev–Trinajstić information content (AvgIpc) is 2.02. The molecule has 0 aromatic heterocycles. The van der Waals surface area contributed by atoms with Crippen LogP contribution in [-0.4, -0.2) is 11.1 Å². The Bertz CT molecular complexity index is 364. The first-order valence-corrected chi connectivity index (χ1v) is 4.21. The number of carboxylic acid groups (broad SMARTS) is 1. The zero-order valence-electron chi connectivity index (χ0n) is 6.80. The number of rotatable bonds is 2. The van der Waals surface area contributed by atoms with E-state index in [1.54, 1.807) is 18.2 Å². The van der Waals surface area contributed by atoms with E-state index >= 15 is 0 Å². The maximum atomic E-state index is 10.2. The van der Waals surface area contributed by atoms with Gasteiger partial charge in [0.25, 0.3) is 0 Å². The monoisotopic (exact) mass is 323 g/mol. The van der Waals surface area contributed by atoms with Gasteiger partial charge in [-0.25, -0.2) is 4.79 Å². The van der Waals surface area contributed by atoms with E-state index in [0.29, 0.717) is 15.6 Å². The van der Waals surface area contributed by atoms with Crippen LogP contribution in [0.15, 0.2) is 24.3 Å². The van der Waals surface area contributed by atoms with Crippen molar-refractivity contribution in [3.05, 3.63) is 39.9 Å². The summed E-state index contributed by atoms with van der Waals surface area (Å²) >= 11 is 11.4. The predicted octanol–water partition coefficient (Wildman–Crippen LogP) is 3.09. The van der Waals surface area contributed by atoms with Crippen molar-refractivity contribution in [2.75, 3.05) is 0 Å². The van der Waals surface area contributed by atoms with E-state index < -0.39 is 5.97 Å². The third-order valence-corrected chi connectivity index (χ3v) is 1.93. The van der Waals surface area contributed by atoms with Gasteiger partial charge in [0.2, 0.25) is 0 Å². The fourth-order valence-corrected chi connectivity index (χ4v) is 1.27. The second kappa shape index (κ2) is 6.27. The minimum absolute atomic E-state index is 0. The van der Waals surface area contributed by atoms with E-state index in [1.807, 2.05) is 0 Å². The van der Waals surface area contributed by atoms with E-state index in [1.165, 1.54) is 6.08 Å². The van der Waals surface area contributed by atoms with Crippen molar-refractivity contribution in [3.8, 4) is 0 Å². The number of hydrogen-bond donors (Lipinski definition) is 1. The molecule has 0 heterocycles. The molecule has 0 spiro atoms. The van der Waals surface area contributed by atoms with Gasteiger partial charge < -0.3 is 5.11 Å². The van der Waals surface area contributed by atoms with Crippen molar-refractivity contribution in [3.63, 3.8) is 0 Å². The molecule has 0 fully saturated rings. The molecule has 2 nitrogen and oxygen atoms in total. The van der Waals surface area contributed by atoms with Crippen LogP contribution in [-0.2, 0) is 27.2 Å². The Balaban J connectivity index is 0.00000169. The van der Waals surface area contributed by atoms with E-state index in [4.69, 9.17) is 28.3 Å².